The molecular formula is C13H16N4O. The van der Waals surface area contributed by atoms with Crippen LogP contribution >= 0.6 is 0 Å². The van der Waals surface area contributed by atoms with Crippen molar-refractivity contribution in [3.05, 3.63) is 41.2 Å². The highest BCUT2D eigenvalue weighted by Gasteiger charge is 2.17. The molecule has 0 fully saturated rings. The van der Waals surface area contributed by atoms with Crippen molar-refractivity contribution in [3.63, 3.8) is 0 Å². The lowest BCUT2D eigenvalue weighted by Gasteiger charge is -2.06. The van der Waals surface area contributed by atoms with Crippen molar-refractivity contribution in [1.82, 2.24) is 9.78 Å². The molecule has 18 heavy (non-hydrogen) atoms. The van der Waals surface area contributed by atoms with Gasteiger partial charge in [-0.2, -0.15) is 5.10 Å². The largest absolute Gasteiger partial charge is 0.399 e. The van der Waals surface area contributed by atoms with Crippen LogP contribution in [-0.2, 0) is 7.05 Å². The van der Waals surface area contributed by atoms with Crippen LogP contribution in [0.3, 0.4) is 0 Å². The van der Waals surface area contributed by atoms with Crippen molar-refractivity contribution < 1.29 is 4.79 Å². The molecule has 1 heterocycles. The number of carbonyl (C=O) groups excluding carboxylic acids is 1. The molecule has 5 nitrogen and oxygen atoms in total. The second-order valence-electron chi connectivity index (χ2n) is 4.25. The fraction of sp³-hybridized carbons (Fsp3) is 0.231. The second-order valence-corrected chi connectivity index (χ2v) is 4.25. The van der Waals surface area contributed by atoms with Gasteiger partial charge in [0.15, 0.2) is 0 Å². The standard InChI is InChI=1S/C13H16N4O/c1-8-12(9(2)17(3)16-8)13(18)15-11-6-4-5-10(14)7-11/h4-7H,14H2,1-3H3,(H,15,18). The smallest absolute Gasteiger partial charge is 0.259 e. The first kappa shape index (κ1) is 12.2. The molecule has 1 aromatic carbocycles. The molecule has 2 aromatic rings. The maximum atomic E-state index is 12.2. The predicted molar refractivity (Wildman–Crippen MR) is 71.5 cm³/mol. The van der Waals surface area contributed by atoms with Gasteiger partial charge in [-0.05, 0) is 32.0 Å². The Hall–Kier alpha value is -2.30. The van der Waals surface area contributed by atoms with Crippen LogP contribution in [0.25, 0.3) is 0 Å². The molecule has 0 saturated carbocycles. The number of nitrogens with zero attached hydrogens (tertiary/aromatic N) is 2. The summed E-state index contributed by atoms with van der Waals surface area (Å²) < 4.78 is 1.70. The lowest BCUT2D eigenvalue weighted by Crippen LogP contribution is -2.14. The zero-order chi connectivity index (χ0) is 13.3. The topological polar surface area (TPSA) is 72.9 Å². The van der Waals surface area contributed by atoms with E-state index in [0.29, 0.717) is 16.9 Å². The van der Waals surface area contributed by atoms with E-state index in [1.54, 1.807) is 28.9 Å². The minimum atomic E-state index is -0.163. The molecule has 2 rings (SSSR count). The number of carbonyl (C=O) groups is 1. The lowest BCUT2D eigenvalue weighted by molar-refractivity contribution is 0.102. The van der Waals surface area contributed by atoms with E-state index in [2.05, 4.69) is 10.4 Å². The Bertz CT molecular complexity index is 601. The minimum Gasteiger partial charge on any atom is -0.399 e. The summed E-state index contributed by atoms with van der Waals surface area (Å²) >= 11 is 0. The molecule has 1 aromatic heterocycles. The summed E-state index contributed by atoms with van der Waals surface area (Å²) in [6, 6.07) is 7.10. The zero-order valence-corrected chi connectivity index (χ0v) is 10.7. The Morgan fingerprint density at radius 2 is 2.11 bits per heavy atom. The van der Waals surface area contributed by atoms with E-state index in [9.17, 15) is 4.79 Å². The van der Waals surface area contributed by atoms with Crippen LogP contribution in [0.2, 0.25) is 0 Å². The van der Waals surface area contributed by atoms with Gasteiger partial charge in [-0.1, -0.05) is 6.07 Å². The number of nitrogens with two attached hydrogens (primary N) is 1. The number of benzene rings is 1. The van der Waals surface area contributed by atoms with Crippen molar-refractivity contribution in [2.45, 2.75) is 13.8 Å². The summed E-state index contributed by atoms with van der Waals surface area (Å²) in [5.41, 5.74) is 9.14. The number of anilines is 2. The molecule has 0 saturated heterocycles. The molecule has 0 spiro atoms. The van der Waals surface area contributed by atoms with E-state index in [0.717, 1.165) is 11.4 Å². The van der Waals surface area contributed by atoms with Crippen LogP contribution in [0.4, 0.5) is 11.4 Å². The molecule has 0 unspecified atom stereocenters. The SMILES string of the molecule is Cc1nn(C)c(C)c1C(=O)Nc1cccc(N)c1. The highest BCUT2D eigenvalue weighted by Crippen LogP contribution is 2.16. The molecule has 0 aliphatic heterocycles. The van der Waals surface area contributed by atoms with E-state index >= 15 is 0 Å². The van der Waals surface area contributed by atoms with Gasteiger partial charge in [-0.25, -0.2) is 0 Å². The predicted octanol–water partition coefficient (Wildman–Crippen LogP) is 1.87. The van der Waals surface area contributed by atoms with Gasteiger partial charge in [0.2, 0.25) is 0 Å². The van der Waals surface area contributed by atoms with Gasteiger partial charge in [-0.3, -0.25) is 9.48 Å². The molecule has 0 atom stereocenters. The summed E-state index contributed by atoms with van der Waals surface area (Å²) in [6.07, 6.45) is 0. The number of nitrogens with one attached hydrogen (secondary N) is 1. The molecule has 0 radical (unpaired) electrons. The van der Waals surface area contributed by atoms with Crippen molar-refractivity contribution in [1.29, 1.82) is 0 Å². The van der Waals surface area contributed by atoms with Crippen molar-refractivity contribution in [2.24, 2.45) is 7.05 Å². The van der Waals surface area contributed by atoms with Crippen molar-refractivity contribution in [3.8, 4) is 0 Å². The third-order valence-corrected chi connectivity index (χ3v) is 2.88. The van der Waals surface area contributed by atoms with E-state index in [-0.39, 0.29) is 5.91 Å². The van der Waals surface area contributed by atoms with Gasteiger partial charge in [0.25, 0.3) is 5.91 Å². The Morgan fingerprint density at radius 3 is 2.67 bits per heavy atom. The summed E-state index contributed by atoms with van der Waals surface area (Å²) in [5, 5.41) is 7.04. The molecule has 0 aliphatic carbocycles. The van der Waals surface area contributed by atoms with Crippen LogP contribution in [0.15, 0.2) is 24.3 Å². The first-order chi connectivity index (χ1) is 8.49. The van der Waals surface area contributed by atoms with Gasteiger partial charge in [0.05, 0.1) is 11.3 Å². The van der Waals surface area contributed by atoms with E-state index < -0.39 is 0 Å². The van der Waals surface area contributed by atoms with E-state index in [1.165, 1.54) is 0 Å². The Kier molecular flexibility index (Phi) is 3.06. The zero-order valence-electron chi connectivity index (χ0n) is 10.7. The van der Waals surface area contributed by atoms with Gasteiger partial charge >= 0.3 is 0 Å². The van der Waals surface area contributed by atoms with Crippen LogP contribution in [0.1, 0.15) is 21.7 Å². The summed E-state index contributed by atoms with van der Waals surface area (Å²) in [5.74, 6) is -0.163. The number of amides is 1. The first-order valence-corrected chi connectivity index (χ1v) is 5.66. The molecule has 94 valence electrons. The van der Waals surface area contributed by atoms with Gasteiger partial charge in [-0.15, -0.1) is 0 Å². The quantitative estimate of drug-likeness (QED) is 0.792. The van der Waals surface area contributed by atoms with Crippen LogP contribution in [-0.4, -0.2) is 15.7 Å². The summed E-state index contributed by atoms with van der Waals surface area (Å²) in [6.45, 7) is 3.69. The number of hydrogen-bond acceptors (Lipinski definition) is 3. The average Bonchev–Trinajstić information content (AvgIpc) is 2.53. The van der Waals surface area contributed by atoms with Crippen LogP contribution < -0.4 is 11.1 Å². The van der Waals surface area contributed by atoms with Crippen LogP contribution in [0, 0.1) is 13.8 Å². The summed E-state index contributed by atoms with van der Waals surface area (Å²) in [4.78, 5) is 12.2. The molecule has 0 bridgehead atoms. The maximum absolute atomic E-state index is 12.2. The number of rotatable bonds is 2. The third kappa shape index (κ3) is 2.20. The molecule has 0 aliphatic rings. The summed E-state index contributed by atoms with van der Waals surface area (Å²) in [7, 11) is 1.82. The second kappa shape index (κ2) is 4.52. The maximum Gasteiger partial charge on any atom is 0.259 e. The van der Waals surface area contributed by atoms with Crippen LogP contribution in [0.5, 0.6) is 0 Å². The minimum absolute atomic E-state index is 0.163. The third-order valence-electron chi connectivity index (χ3n) is 2.88. The van der Waals surface area contributed by atoms with E-state index in [1.807, 2.05) is 20.9 Å². The molecule has 5 heteroatoms. The van der Waals surface area contributed by atoms with Gasteiger partial charge in [0.1, 0.15) is 0 Å². The highest BCUT2D eigenvalue weighted by molar-refractivity contribution is 6.06. The van der Waals surface area contributed by atoms with Gasteiger partial charge < -0.3 is 11.1 Å². The Labute approximate surface area is 106 Å². The normalized spacial score (nSPS) is 10.4. The number of hydrogen-bond donors (Lipinski definition) is 2. The molecular weight excluding hydrogens is 228 g/mol. The molecule has 1 amide bonds. The Morgan fingerprint density at radius 1 is 1.39 bits per heavy atom. The fourth-order valence-electron chi connectivity index (χ4n) is 1.91. The van der Waals surface area contributed by atoms with Crippen molar-refractivity contribution >= 4 is 17.3 Å². The first-order valence-electron chi connectivity index (χ1n) is 5.66. The van der Waals surface area contributed by atoms with E-state index in [4.69, 9.17) is 5.73 Å². The fourth-order valence-corrected chi connectivity index (χ4v) is 1.91. The van der Waals surface area contributed by atoms with Crippen molar-refractivity contribution in [2.75, 3.05) is 11.1 Å². The average molecular weight is 244 g/mol. The number of aromatic nitrogens is 2. The van der Waals surface area contributed by atoms with Gasteiger partial charge in [0, 0.05) is 24.1 Å². The lowest BCUT2D eigenvalue weighted by atomic mass is 10.2. The molecule has 3 N–H and O–H groups in total. The number of aryl methyl sites for hydroxylation is 2. The highest BCUT2D eigenvalue weighted by atomic mass is 16.1. The Balaban J connectivity index is 2.27. The monoisotopic (exact) mass is 244 g/mol. The number of nitrogen functional groups attached to an aromatic ring is 1.